The molecule has 0 spiro atoms. The summed E-state index contributed by atoms with van der Waals surface area (Å²) in [5, 5.41) is 0. The first-order valence-electron chi connectivity index (χ1n) is 9.42. The van der Waals surface area contributed by atoms with Gasteiger partial charge >= 0.3 is 145 Å². The van der Waals surface area contributed by atoms with Gasteiger partial charge in [0, 0.05) is 0 Å². The maximum absolute atomic E-state index is 2.47. The molecule has 0 aliphatic rings. The topological polar surface area (TPSA) is 0 Å². The van der Waals surface area contributed by atoms with Crippen LogP contribution in [0.5, 0.6) is 0 Å². The quantitative estimate of drug-likeness (QED) is 0.326. The van der Waals surface area contributed by atoms with E-state index < -0.39 is 21.2 Å². The summed E-state index contributed by atoms with van der Waals surface area (Å²) in [6.45, 7) is 15.3. The van der Waals surface area contributed by atoms with Crippen molar-refractivity contribution in [1.82, 2.24) is 0 Å². The molecule has 0 N–H and O–H groups in total. The summed E-state index contributed by atoms with van der Waals surface area (Å²) < 4.78 is 6.24. The molecule has 1 aromatic rings. The van der Waals surface area contributed by atoms with Crippen molar-refractivity contribution in [2.45, 2.75) is 72.5 Å². The van der Waals surface area contributed by atoms with Gasteiger partial charge in [-0.05, 0) is 0 Å². The zero-order chi connectivity index (χ0) is 16.6. The summed E-state index contributed by atoms with van der Waals surface area (Å²) in [4.78, 5) is 0. The van der Waals surface area contributed by atoms with Crippen molar-refractivity contribution in [2.75, 3.05) is 0 Å². The fourth-order valence-electron chi connectivity index (χ4n) is 4.17. The van der Waals surface area contributed by atoms with Crippen molar-refractivity contribution >= 4 is 31.0 Å². The molecule has 22 heavy (non-hydrogen) atoms. The van der Waals surface area contributed by atoms with Gasteiger partial charge in [0.1, 0.15) is 0 Å². The van der Waals surface area contributed by atoms with Gasteiger partial charge in [-0.25, -0.2) is 0 Å². The molecule has 1 rings (SSSR count). The van der Waals surface area contributed by atoms with E-state index in [0.717, 1.165) is 6.71 Å². The molecule has 122 valence electrons. The molecule has 0 bridgehead atoms. The second-order valence-corrected chi connectivity index (χ2v) is 26.6. The Balaban J connectivity index is 3.64. The van der Waals surface area contributed by atoms with E-state index in [4.69, 9.17) is 0 Å². The first kappa shape index (κ1) is 20.0. The third-order valence-electron chi connectivity index (χ3n) is 5.80. The van der Waals surface area contributed by atoms with Crippen molar-refractivity contribution in [3.63, 3.8) is 0 Å². The maximum atomic E-state index is 2.47. The van der Waals surface area contributed by atoms with E-state index in [9.17, 15) is 0 Å². The third kappa shape index (κ3) is 4.27. The summed E-state index contributed by atoms with van der Waals surface area (Å²) in [5.74, 6) is 0. The number of benzene rings is 1. The Labute approximate surface area is 144 Å². The van der Waals surface area contributed by atoms with Gasteiger partial charge < -0.3 is 0 Å². The average Bonchev–Trinajstić information content (AvgIpc) is 2.59. The predicted molar refractivity (Wildman–Crippen MR) is 108 cm³/mol. The zero-order valence-corrected chi connectivity index (χ0v) is 19.6. The van der Waals surface area contributed by atoms with Crippen LogP contribution in [0, 0.1) is 0 Å². The molecule has 1 aromatic carbocycles. The molecule has 0 amide bonds. The summed E-state index contributed by atoms with van der Waals surface area (Å²) in [6, 6.07) is 11.4. The SMILES string of the molecule is CCB(CC)/C(CC)=[C](/c1ccccc1)[Pb]([CH2]C)([CH2]C)[CH2]C. The third-order valence-corrected chi connectivity index (χ3v) is 28.1. The van der Waals surface area contributed by atoms with Crippen LogP contribution in [0.4, 0.5) is 0 Å². The molecule has 0 radical (unpaired) electrons. The van der Waals surface area contributed by atoms with Gasteiger partial charge in [-0.1, -0.05) is 0 Å². The Morgan fingerprint density at radius 1 is 0.818 bits per heavy atom. The van der Waals surface area contributed by atoms with Crippen LogP contribution in [0.25, 0.3) is 3.13 Å². The van der Waals surface area contributed by atoms with Crippen LogP contribution in [0.3, 0.4) is 0 Å². The number of hydrogen-bond donors (Lipinski definition) is 0. The Morgan fingerprint density at radius 2 is 1.32 bits per heavy atom. The minimum absolute atomic E-state index is 0.782. The van der Waals surface area contributed by atoms with Gasteiger partial charge in [-0.3, -0.25) is 0 Å². The fraction of sp³-hybridized carbons (Fsp3) is 0.600. The van der Waals surface area contributed by atoms with Crippen molar-refractivity contribution in [3.8, 4) is 0 Å². The Hall–Kier alpha value is -0.0530. The number of hydrogen-bond acceptors (Lipinski definition) is 0. The zero-order valence-electron chi connectivity index (χ0n) is 15.7. The van der Waals surface area contributed by atoms with Crippen LogP contribution in [-0.4, -0.2) is 27.9 Å². The van der Waals surface area contributed by atoms with E-state index in [-0.39, 0.29) is 0 Å². The molecule has 2 heteroatoms. The first-order chi connectivity index (χ1) is 10.6. The van der Waals surface area contributed by atoms with Gasteiger partial charge in [0.25, 0.3) is 0 Å². The summed E-state index contributed by atoms with van der Waals surface area (Å²) in [5.41, 5.74) is 3.36. The van der Waals surface area contributed by atoms with Crippen LogP contribution < -0.4 is 0 Å². The van der Waals surface area contributed by atoms with E-state index in [0.29, 0.717) is 0 Å². The standard InChI is InChI=1S/C14H20B.3C2H5.Pb/c1-4-14(15(5-2)6-3)12-13-10-8-7-9-11-13;3*1-2;/h7-11H,4-6H2,1-3H3;3*1H2,2H3;. The first-order valence-corrected chi connectivity index (χ1v) is 19.6. The number of rotatable bonds is 9. The molecule has 0 nitrogen and oxygen atoms in total. The Morgan fingerprint density at radius 3 is 1.68 bits per heavy atom. The van der Waals surface area contributed by atoms with E-state index in [1.54, 1.807) is 5.56 Å². The van der Waals surface area contributed by atoms with Gasteiger partial charge in [0.2, 0.25) is 0 Å². The summed E-state index contributed by atoms with van der Waals surface area (Å²) in [6.07, 6.45) is 3.81. The van der Waals surface area contributed by atoms with E-state index in [1.807, 2.05) is 8.60 Å². The molecule has 0 atom stereocenters. The Kier molecular flexibility index (Phi) is 9.04. The average molecular weight is 494 g/mol. The van der Waals surface area contributed by atoms with Crippen molar-refractivity contribution < 1.29 is 0 Å². The molecule has 0 heterocycles. The minimum atomic E-state index is -2.42. The van der Waals surface area contributed by atoms with Gasteiger partial charge in [0.15, 0.2) is 0 Å². The normalized spacial score (nSPS) is 13.0. The molecule has 0 fully saturated rings. The molecule has 0 aliphatic heterocycles. The van der Waals surface area contributed by atoms with Crippen LogP contribution in [-0.2, 0) is 0 Å². The van der Waals surface area contributed by atoms with Crippen molar-refractivity contribution in [1.29, 1.82) is 0 Å². The van der Waals surface area contributed by atoms with E-state index in [2.05, 4.69) is 71.9 Å². The van der Waals surface area contributed by atoms with Crippen LogP contribution >= 0.6 is 0 Å². The molecule has 0 saturated heterocycles. The monoisotopic (exact) mass is 494 g/mol. The molecular weight excluding hydrogens is 458 g/mol. The summed E-state index contributed by atoms with van der Waals surface area (Å²) >= 11 is -2.42. The fourth-order valence-corrected chi connectivity index (χ4v) is 21.3. The van der Waals surface area contributed by atoms with Gasteiger partial charge in [0.05, 0.1) is 0 Å². The van der Waals surface area contributed by atoms with Crippen molar-refractivity contribution in [3.05, 3.63) is 41.4 Å². The van der Waals surface area contributed by atoms with Crippen LogP contribution in [0.1, 0.15) is 53.5 Å². The van der Waals surface area contributed by atoms with Gasteiger partial charge in [-0.15, -0.1) is 0 Å². The summed E-state index contributed by atoms with van der Waals surface area (Å²) in [7, 11) is 0. The van der Waals surface area contributed by atoms with Crippen LogP contribution in [0.2, 0.25) is 24.6 Å². The van der Waals surface area contributed by atoms with Crippen LogP contribution in [0.15, 0.2) is 35.8 Å². The molecular formula is C20H35BPb. The molecule has 0 saturated carbocycles. The molecule has 0 aliphatic carbocycles. The number of allylic oxidation sites excluding steroid dienone is 1. The predicted octanol–water partition coefficient (Wildman–Crippen LogP) is 6.97. The van der Waals surface area contributed by atoms with E-state index in [1.165, 1.54) is 31.0 Å². The molecule has 0 unspecified atom stereocenters. The Bertz CT molecular complexity index is 448. The molecule has 0 aromatic heterocycles. The van der Waals surface area contributed by atoms with Crippen molar-refractivity contribution in [2.24, 2.45) is 0 Å². The van der Waals surface area contributed by atoms with E-state index >= 15 is 0 Å². The van der Waals surface area contributed by atoms with Gasteiger partial charge in [-0.2, -0.15) is 0 Å². The second kappa shape index (κ2) is 9.95. The second-order valence-electron chi connectivity index (χ2n) is 6.47.